The van der Waals surface area contributed by atoms with E-state index >= 15 is 0 Å². The van der Waals surface area contributed by atoms with Crippen molar-refractivity contribution in [2.24, 2.45) is 10.7 Å². The fourth-order valence-electron chi connectivity index (χ4n) is 2.58. The summed E-state index contributed by atoms with van der Waals surface area (Å²) in [7, 11) is 0. The number of aliphatic imine (C=N–C) groups is 1. The van der Waals surface area contributed by atoms with Crippen molar-refractivity contribution in [2.45, 2.75) is 91.7 Å². The number of benzene rings is 1. The average molecular weight is 513 g/mol. The fourth-order valence-corrected chi connectivity index (χ4v) is 3.06. The Morgan fingerprint density at radius 2 is 1.54 bits per heavy atom. The minimum Gasteiger partial charge on any atom is -0.444 e. The van der Waals surface area contributed by atoms with E-state index in [1.54, 1.807) is 26.3 Å². The number of primary amides is 1. The molecule has 0 aliphatic carbocycles. The number of thioether (sulfide) groups is 1. The lowest BCUT2D eigenvalue weighted by Crippen LogP contribution is -2.28. The number of nitrogens with one attached hydrogen (secondary N) is 2. The van der Waals surface area contributed by atoms with Crippen LogP contribution in [0.15, 0.2) is 35.3 Å². The van der Waals surface area contributed by atoms with Gasteiger partial charge in [-0.25, -0.2) is 10.3 Å². The number of nitrogens with two attached hydrogens (primary N) is 1. The number of nitrogens with zero attached hydrogens (tertiary/aromatic N) is 1. The fraction of sp³-hybridized carbons (Fsp3) is 0.600. The number of carbonyl (C=O) groups is 3. The zero-order valence-corrected chi connectivity index (χ0v) is 23.0. The Morgan fingerprint density at radius 3 is 1.94 bits per heavy atom. The summed E-state index contributed by atoms with van der Waals surface area (Å²) in [6.07, 6.45) is 5.12. The summed E-state index contributed by atoms with van der Waals surface area (Å²) in [5.74, 6) is -0.410. The molecule has 1 unspecified atom stereocenters. The molecule has 0 saturated heterocycles. The molecule has 3 amide bonds. The van der Waals surface area contributed by atoms with Gasteiger partial charge in [-0.1, -0.05) is 68.8 Å². The number of carbonyl (C=O) groups excluding carboxylic acids is 3. The summed E-state index contributed by atoms with van der Waals surface area (Å²) in [5, 5.41) is 11.9. The second-order valence-corrected chi connectivity index (χ2v) is 9.05. The van der Waals surface area contributed by atoms with Crippen LogP contribution in [0.3, 0.4) is 0 Å². The predicted octanol–water partition coefficient (Wildman–Crippen LogP) is 5.34. The Balaban J connectivity index is 0. The molecule has 1 rings (SSSR count). The summed E-state index contributed by atoms with van der Waals surface area (Å²) in [4.78, 5) is 37.5. The number of amidine groups is 1. The van der Waals surface area contributed by atoms with E-state index in [0.717, 1.165) is 24.8 Å². The molecule has 35 heavy (non-hydrogen) atoms. The van der Waals surface area contributed by atoms with Crippen LogP contribution >= 0.6 is 11.8 Å². The lowest BCUT2D eigenvalue weighted by atomic mass is 10.1. The Morgan fingerprint density at radius 1 is 1.03 bits per heavy atom. The van der Waals surface area contributed by atoms with E-state index in [-0.39, 0.29) is 17.9 Å². The Hall–Kier alpha value is -2.59. The lowest BCUT2D eigenvalue weighted by Gasteiger charge is -2.16. The first-order valence-corrected chi connectivity index (χ1v) is 13.1. The molecule has 0 aromatic heterocycles. The van der Waals surface area contributed by atoms with E-state index in [9.17, 15) is 14.4 Å². The van der Waals surface area contributed by atoms with Crippen LogP contribution in [0.4, 0.5) is 4.79 Å². The third-order valence-corrected chi connectivity index (χ3v) is 4.72. The third-order valence-electron chi connectivity index (χ3n) is 4.12. The molecule has 1 aromatic rings. The van der Waals surface area contributed by atoms with Crippen LogP contribution in [0.25, 0.3) is 0 Å². The number of ether oxygens (including phenoxy) is 1. The molecule has 0 bridgehead atoms. The third kappa shape index (κ3) is 21.7. The van der Waals surface area contributed by atoms with E-state index in [2.05, 4.69) is 15.0 Å². The molecule has 1 atom stereocenters. The minimum atomic E-state index is -0.725. The van der Waals surface area contributed by atoms with Gasteiger partial charge in [-0.15, -0.1) is 0 Å². The van der Waals surface area contributed by atoms with Crippen molar-refractivity contribution in [1.82, 2.24) is 10.8 Å². The number of unbranched alkanes of at least 4 members (excludes halogenated alkanes) is 3. The monoisotopic (exact) mass is 512 g/mol. The normalized spacial score (nSPS) is 11.6. The molecule has 0 fully saturated rings. The maximum absolute atomic E-state index is 12.0. The standard InChI is InChI=1S/C18H27N3O3S.C5H11NO2.C2H6/c1-14(15-10-6-5-7-11-15)19-18(25-2)20-16(22)12-8-3-4-9-13-17(23)21-24;1-5(2,3)8-4(6)7;1-2/h5-7,10-11,14,24H,3-4,8-9,12-13H2,1-2H3,(H,21,23)(H,19,20,22);1-3H3,(H2,6,7);1-2H3. The summed E-state index contributed by atoms with van der Waals surface area (Å²) < 4.78 is 4.58. The minimum absolute atomic E-state index is 0.0124. The quantitative estimate of drug-likeness (QED) is 0.116. The summed E-state index contributed by atoms with van der Waals surface area (Å²) in [6.45, 7) is 11.3. The van der Waals surface area contributed by atoms with Gasteiger partial charge in [0.05, 0.1) is 6.04 Å². The number of hydroxylamine groups is 1. The summed E-state index contributed by atoms with van der Waals surface area (Å²) in [6, 6.07) is 9.94. The van der Waals surface area contributed by atoms with Crippen molar-refractivity contribution in [3.05, 3.63) is 35.9 Å². The zero-order valence-electron chi connectivity index (χ0n) is 22.2. The Labute approximate surface area is 214 Å². The van der Waals surface area contributed by atoms with Crippen LogP contribution in [-0.2, 0) is 14.3 Å². The molecule has 5 N–H and O–H groups in total. The maximum atomic E-state index is 12.0. The van der Waals surface area contributed by atoms with Crippen molar-refractivity contribution in [3.8, 4) is 0 Å². The van der Waals surface area contributed by atoms with Crippen LogP contribution in [0, 0.1) is 0 Å². The molecule has 0 radical (unpaired) electrons. The number of rotatable bonds is 9. The Kier molecular flexibility index (Phi) is 20.5. The van der Waals surface area contributed by atoms with Crippen molar-refractivity contribution in [2.75, 3.05) is 6.26 Å². The topological polar surface area (TPSA) is 143 Å². The summed E-state index contributed by atoms with van der Waals surface area (Å²) in [5.41, 5.74) is 6.98. The van der Waals surface area contributed by atoms with Gasteiger partial charge >= 0.3 is 6.09 Å². The van der Waals surface area contributed by atoms with E-state index in [1.165, 1.54) is 11.8 Å². The molecule has 0 saturated carbocycles. The van der Waals surface area contributed by atoms with Gasteiger partial charge in [0, 0.05) is 12.8 Å². The van der Waals surface area contributed by atoms with Crippen molar-refractivity contribution < 1.29 is 24.3 Å². The second kappa shape index (κ2) is 20.8. The molecule has 0 aliphatic heterocycles. The Bertz CT molecular complexity index is 752. The van der Waals surface area contributed by atoms with E-state index < -0.39 is 11.7 Å². The van der Waals surface area contributed by atoms with Crippen molar-refractivity contribution in [1.29, 1.82) is 0 Å². The first-order chi connectivity index (χ1) is 16.5. The summed E-state index contributed by atoms with van der Waals surface area (Å²) >= 11 is 1.42. The average Bonchev–Trinajstić information content (AvgIpc) is 2.81. The van der Waals surface area contributed by atoms with E-state index in [1.807, 2.05) is 57.4 Å². The van der Waals surface area contributed by atoms with Gasteiger partial charge in [-0.2, -0.15) is 0 Å². The van der Waals surface area contributed by atoms with Crippen LogP contribution in [-0.4, -0.2) is 40.1 Å². The number of hydrogen-bond donors (Lipinski definition) is 4. The van der Waals surface area contributed by atoms with Crippen molar-refractivity contribution in [3.63, 3.8) is 0 Å². The molecule has 0 heterocycles. The van der Waals surface area contributed by atoms with Crippen LogP contribution in [0.2, 0.25) is 0 Å². The van der Waals surface area contributed by atoms with Gasteiger partial charge < -0.3 is 15.8 Å². The van der Waals surface area contributed by atoms with Crippen molar-refractivity contribution >= 4 is 34.8 Å². The highest BCUT2D eigenvalue weighted by Gasteiger charge is 2.12. The smallest absolute Gasteiger partial charge is 0.405 e. The number of hydrogen-bond acceptors (Lipinski definition) is 7. The molecule has 0 spiro atoms. The van der Waals surface area contributed by atoms with Gasteiger partial charge in [-0.3, -0.25) is 19.8 Å². The first kappa shape index (κ1) is 34.6. The van der Waals surface area contributed by atoms with E-state index in [0.29, 0.717) is 24.4 Å². The first-order valence-electron chi connectivity index (χ1n) is 11.9. The molecule has 9 nitrogen and oxygen atoms in total. The lowest BCUT2D eigenvalue weighted by molar-refractivity contribution is -0.129. The van der Waals surface area contributed by atoms with Gasteiger partial charge in [-0.05, 0) is 52.4 Å². The largest absolute Gasteiger partial charge is 0.444 e. The highest BCUT2D eigenvalue weighted by Crippen LogP contribution is 2.17. The van der Waals surface area contributed by atoms with E-state index in [4.69, 9.17) is 10.9 Å². The molecule has 200 valence electrons. The van der Waals surface area contributed by atoms with Gasteiger partial charge in [0.1, 0.15) is 5.60 Å². The van der Waals surface area contributed by atoms with Crippen LogP contribution in [0.5, 0.6) is 0 Å². The van der Waals surface area contributed by atoms with Crippen LogP contribution < -0.4 is 16.5 Å². The predicted molar refractivity (Wildman–Crippen MR) is 143 cm³/mol. The molecular weight excluding hydrogens is 468 g/mol. The SMILES string of the molecule is CC.CC(C)(C)OC(N)=O.CSC(=NC(C)c1ccccc1)NC(=O)CCCCCCC(=O)NO. The molecule has 1 aromatic carbocycles. The van der Waals surface area contributed by atoms with Gasteiger partial charge in [0.2, 0.25) is 11.8 Å². The number of amides is 3. The maximum Gasteiger partial charge on any atom is 0.405 e. The highest BCUT2D eigenvalue weighted by molar-refractivity contribution is 8.13. The van der Waals surface area contributed by atoms with Crippen LogP contribution in [0.1, 0.15) is 91.7 Å². The second-order valence-electron chi connectivity index (χ2n) is 8.26. The van der Waals surface area contributed by atoms with Gasteiger partial charge in [0.15, 0.2) is 5.17 Å². The molecule has 0 aliphatic rings. The molecular formula is C25H44N4O5S. The highest BCUT2D eigenvalue weighted by atomic mass is 32.2. The zero-order chi connectivity index (χ0) is 27.3. The van der Waals surface area contributed by atoms with Gasteiger partial charge in [0.25, 0.3) is 0 Å². The molecule has 10 heteroatoms.